The highest BCUT2D eigenvalue weighted by Crippen LogP contribution is 2.27. The van der Waals surface area contributed by atoms with Crippen molar-refractivity contribution in [3.8, 4) is 0 Å². The fraction of sp³-hybridized carbons (Fsp3) is 0.0769. The molecule has 0 bridgehead atoms. The smallest absolute Gasteiger partial charge is 0.148 e. The fourth-order valence-electron chi connectivity index (χ4n) is 1.52. The number of nitrogen functional groups attached to an aromatic ring is 1. The van der Waals surface area contributed by atoms with Gasteiger partial charge in [0.1, 0.15) is 5.82 Å². The molecule has 2 rings (SSSR count). The number of anilines is 3. The summed E-state index contributed by atoms with van der Waals surface area (Å²) in [5.74, 6) is -0.390. The molecule has 0 heterocycles. The quantitative estimate of drug-likeness (QED) is 0.787. The Bertz CT molecular complexity index is 555. The van der Waals surface area contributed by atoms with Gasteiger partial charge in [-0.15, -0.1) is 0 Å². The zero-order chi connectivity index (χ0) is 12.4. The van der Waals surface area contributed by atoms with Crippen LogP contribution in [-0.4, -0.2) is 0 Å². The highest BCUT2D eigenvalue weighted by Gasteiger charge is 2.06. The SMILES string of the molecule is Cc1c(N)cccc1Nc1ccc(Cl)cc1F. The molecule has 0 aromatic heterocycles. The van der Waals surface area contributed by atoms with Gasteiger partial charge < -0.3 is 11.1 Å². The van der Waals surface area contributed by atoms with Gasteiger partial charge in [-0.25, -0.2) is 4.39 Å². The summed E-state index contributed by atoms with van der Waals surface area (Å²) >= 11 is 5.69. The Morgan fingerprint density at radius 2 is 1.94 bits per heavy atom. The van der Waals surface area contributed by atoms with Crippen LogP contribution in [0.25, 0.3) is 0 Å². The van der Waals surface area contributed by atoms with Crippen molar-refractivity contribution in [3.63, 3.8) is 0 Å². The predicted molar refractivity (Wildman–Crippen MR) is 70.3 cm³/mol. The zero-order valence-electron chi connectivity index (χ0n) is 9.30. The number of hydrogen-bond donors (Lipinski definition) is 2. The van der Waals surface area contributed by atoms with Crippen LogP contribution in [0, 0.1) is 12.7 Å². The normalized spacial score (nSPS) is 10.3. The molecule has 0 saturated heterocycles. The summed E-state index contributed by atoms with van der Waals surface area (Å²) in [5.41, 5.74) is 8.50. The molecule has 0 aliphatic carbocycles. The molecule has 2 aromatic carbocycles. The molecule has 17 heavy (non-hydrogen) atoms. The first-order valence-corrected chi connectivity index (χ1v) is 5.53. The Morgan fingerprint density at radius 1 is 1.18 bits per heavy atom. The molecule has 2 nitrogen and oxygen atoms in total. The van der Waals surface area contributed by atoms with Crippen molar-refractivity contribution in [1.29, 1.82) is 0 Å². The second kappa shape index (κ2) is 4.63. The van der Waals surface area contributed by atoms with Crippen LogP contribution in [0.3, 0.4) is 0 Å². The van der Waals surface area contributed by atoms with Crippen LogP contribution >= 0.6 is 11.6 Å². The number of benzene rings is 2. The molecule has 0 aliphatic rings. The second-order valence-electron chi connectivity index (χ2n) is 3.77. The molecule has 0 radical (unpaired) electrons. The third kappa shape index (κ3) is 2.50. The van der Waals surface area contributed by atoms with Gasteiger partial charge in [-0.1, -0.05) is 17.7 Å². The first-order chi connectivity index (χ1) is 8.08. The first kappa shape index (κ1) is 11.7. The largest absolute Gasteiger partial charge is 0.398 e. The van der Waals surface area contributed by atoms with Crippen molar-refractivity contribution < 1.29 is 4.39 Å². The lowest BCUT2D eigenvalue weighted by atomic mass is 10.1. The number of nitrogens with two attached hydrogens (primary N) is 1. The van der Waals surface area contributed by atoms with Crippen LogP contribution in [0.5, 0.6) is 0 Å². The lowest BCUT2D eigenvalue weighted by molar-refractivity contribution is 0.632. The predicted octanol–water partition coefficient (Wildman–Crippen LogP) is 4.11. The monoisotopic (exact) mass is 250 g/mol. The van der Waals surface area contributed by atoms with Crippen LogP contribution in [0.15, 0.2) is 36.4 Å². The van der Waals surface area contributed by atoms with Gasteiger partial charge in [0.05, 0.1) is 5.69 Å². The maximum Gasteiger partial charge on any atom is 0.148 e. The summed E-state index contributed by atoms with van der Waals surface area (Å²) in [6.45, 7) is 1.88. The van der Waals surface area contributed by atoms with E-state index in [1.807, 2.05) is 19.1 Å². The van der Waals surface area contributed by atoms with E-state index in [0.717, 1.165) is 11.3 Å². The molecule has 0 spiro atoms. The van der Waals surface area contributed by atoms with E-state index >= 15 is 0 Å². The molecule has 2 aromatic rings. The Labute approximate surface area is 104 Å². The van der Waals surface area contributed by atoms with Crippen molar-refractivity contribution in [1.82, 2.24) is 0 Å². The molecule has 0 aliphatic heterocycles. The molecule has 4 heteroatoms. The van der Waals surface area contributed by atoms with Crippen LogP contribution in [0.4, 0.5) is 21.5 Å². The highest BCUT2D eigenvalue weighted by molar-refractivity contribution is 6.30. The Balaban J connectivity index is 2.35. The minimum atomic E-state index is -0.390. The molecule has 3 N–H and O–H groups in total. The van der Waals surface area contributed by atoms with Crippen molar-refractivity contribution in [2.75, 3.05) is 11.1 Å². The van der Waals surface area contributed by atoms with Crippen LogP contribution in [0.2, 0.25) is 5.02 Å². The van der Waals surface area contributed by atoms with Crippen LogP contribution < -0.4 is 11.1 Å². The van der Waals surface area contributed by atoms with Gasteiger partial charge >= 0.3 is 0 Å². The third-order valence-electron chi connectivity index (χ3n) is 2.58. The van der Waals surface area contributed by atoms with E-state index in [0.29, 0.717) is 16.4 Å². The van der Waals surface area contributed by atoms with E-state index in [2.05, 4.69) is 5.32 Å². The Kier molecular flexibility index (Phi) is 3.20. The van der Waals surface area contributed by atoms with Gasteiger partial charge in [0.15, 0.2) is 0 Å². The number of hydrogen-bond acceptors (Lipinski definition) is 2. The van der Waals surface area contributed by atoms with E-state index < -0.39 is 0 Å². The van der Waals surface area contributed by atoms with Crippen LogP contribution in [0.1, 0.15) is 5.56 Å². The average molecular weight is 251 g/mol. The third-order valence-corrected chi connectivity index (χ3v) is 2.81. The average Bonchev–Trinajstić information content (AvgIpc) is 2.28. The van der Waals surface area contributed by atoms with E-state index in [1.165, 1.54) is 6.07 Å². The zero-order valence-corrected chi connectivity index (χ0v) is 10.1. The summed E-state index contributed by atoms with van der Waals surface area (Å²) in [7, 11) is 0. The topological polar surface area (TPSA) is 38.0 Å². The summed E-state index contributed by atoms with van der Waals surface area (Å²) in [5, 5.41) is 3.37. The van der Waals surface area contributed by atoms with Gasteiger partial charge in [0.25, 0.3) is 0 Å². The van der Waals surface area contributed by atoms with E-state index in [-0.39, 0.29) is 5.82 Å². The fourth-order valence-corrected chi connectivity index (χ4v) is 1.68. The summed E-state index contributed by atoms with van der Waals surface area (Å²) < 4.78 is 13.6. The summed E-state index contributed by atoms with van der Waals surface area (Å²) in [6, 6.07) is 9.97. The van der Waals surface area contributed by atoms with Gasteiger partial charge in [-0.3, -0.25) is 0 Å². The highest BCUT2D eigenvalue weighted by atomic mass is 35.5. The molecule has 88 valence electrons. The number of halogens is 2. The summed E-state index contributed by atoms with van der Waals surface area (Å²) in [4.78, 5) is 0. The number of rotatable bonds is 2. The van der Waals surface area contributed by atoms with Crippen molar-refractivity contribution in [2.45, 2.75) is 6.92 Å². The molecular formula is C13H12ClFN2. The first-order valence-electron chi connectivity index (χ1n) is 5.15. The molecule has 0 atom stereocenters. The molecule has 0 amide bonds. The molecule has 0 saturated carbocycles. The van der Waals surface area contributed by atoms with Crippen LogP contribution in [-0.2, 0) is 0 Å². The van der Waals surface area contributed by atoms with Gasteiger partial charge in [0.2, 0.25) is 0 Å². The minimum Gasteiger partial charge on any atom is -0.398 e. The van der Waals surface area contributed by atoms with Gasteiger partial charge in [0, 0.05) is 16.4 Å². The molecular weight excluding hydrogens is 239 g/mol. The maximum atomic E-state index is 13.6. The second-order valence-corrected chi connectivity index (χ2v) is 4.21. The van der Waals surface area contributed by atoms with E-state index in [1.54, 1.807) is 18.2 Å². The Morgan fingerprint density at radius 3 is 2.65 bits per heavy atom. The van der Waals surface area contributed by atoms with E-state index in [9.17, 15) is 4.39 Å². The standard InChI is InChI=1S/C13H12ClFN2/c1-8-11(16)3-2-4-12(8)17-13-6-5-9(14)7-10(13)15/h2-7,17H,16H2,1H3. The summed E-state index contributed by atoms with van der Waals surface area (Å²) in [6.07, 6.45) is 0. The van der Waals surface area contributed by atoms with Crippen molar-refractivity contribution in [2.24, 2.45) is 0 Å². The maximum absolute atomic E-state index is 13.6. The Hall–Kier alpha value is -1.74. The lowest BCUT2D eigenvalue weighted by Crippen LogP contribution is -1.98. The van der Waals surface area contributed by atoms with Gasteiger partial charge in [-0.2, -0.15) is 0 Å². The van der Waals surface area contributed by atoms with E-state index in [4.69, 9.17) is 17.3 Å². The van der Waals surface area contributed by atoms with Crippen molar-refractivity contribution in [3.05, 3.63) is 52.8 Å². The van der Waals surface area contributed by atoms with Crippen molar-refractivity contribution >= 4 is 28.7 Å². The molecule has 0 unspecified atom stereocenters. The number of nitrogens with one attached hydrogen (secondary N) is 1. The van der Waals surface area contributed by atoms with Gasteiger partial charge in [-0.05, 0) is 42.8 Å². The lowest BCUT2D eigenvalue weighted by Gasteiger charge is -2.12. The minimum absolute atomic E-state index is 0.373. The molecule has 0 fully saturated rings.